The SMILES string of the molecule is Cc1ccccc1CN1CCCN(C(=O)Cc2ccc(Br)cc2)CC1. The van der Waals surface area contributed by atoms with Crippen LogP contribution in [0.2, 0.25) is 0 Å². The summed E-state index contributed by atoms with van der Waals surface area (Å²) in [5.41, 5.74) is 3.81. The van der Waals surface area contributed by atoms with E-state index >= 15 is 0 Å². The van der Waals surface area contributed by atoms with Crippen LogP contribution in [0.4, 0.5) is 0 Å². The molecule has 0 aromatic heterocycles. The zero-order valence-corrected chi connectivity index (χ0v) is 16.3. The molecule has 0 atom stereocenters. The standard InChI is InChI=1S/C21H25BrN2O/c1-17-5-2-3-6-19(17)16-23-11-4-12-24(14-13-23)21(25)15-18-7-9-20(22)10-8-18/h2-3,5-10H,4,11-16H2,1H3. The van der Waals surface area contributed by atoms with Crippen LogP contribution in [-0.2, 0) is 17.8 Å². The largest absolute Gasteiger partial charge is 0.341 e. The Bertz CT molecular complexity index is 714. The lowest BCUT2D eigenvalue weighted by atomic mass is 10.1. The van der Waals surface area contributed by atoms with Crippen LogP contribution in [0.15, 0.2) is 53.0 Å². The summed E-state index contributed by atoms with van der Waals surface area (Å²) in [5, 5.41) is 0. The van der Waals surface area contributed by atoms with Gasteiger partial charge in [-0.25, -0.2) is 0 Å². The highest BCUT2D eigenvalue weighted by Crippen LogP contribution is 2.15. The van der Waals surface area contributed by atoms with E-state index in [1.54, 1.807) is 0 Å². The first-order chi connectivity index (χ1) is 12.1. The summed E-state index contributed by atoms with van der Waals surface area (Å²) in [7, 11) is 0. The Hall–Kier alpha value is -1.65. The zero-order valence-electron chi connectivity index (χ0n) is 14.7. The lowest BCUT2D eigenvalue weighted by molar-refractivity contribution is -0.130. The maximum atomic E-state index is 12.6. The number of halogens is 1. The Labute approximate surface area is 158 Å². The molecule has 0 unspecified atom stereocenters. The Morgan fingerprint density at radius 2 is 1.76 bits per heavy atom. The molecule has 1 amide bonds. The second-order valence-corrected chi connectivity index (χ2v) is 7.66. The molecule has 1 heterocycles. The number of carbonyl (C=O) groups is 1. The molecule has 0 aliphatic carbocycles. The van der Waals surface area contributed by atoms with Gasteiger partial charge in [-0.05, 0) is 42.2 Å². The van der Waals surface area contributed by atoms with E-state index in [1.165, 1.54) is 11.1 Å². The molecule has 2 aromatic carbocycles. The summed E-state index contributed by atoms with van der Waals surface area (Å²) >= 11 is 3.44. The third-order valence-corrected chi connectivity index (χ3v) is 5.39. The predicted octanol–water partition coefficient (Wildman–Crippen LogP) is 4.03. The first-order valence-electron chi connectivity index (χ1n) is 8.91. The van der Waals surface area contributed by atoms with Gasteiger partial charge in [-0.15, -0.1) is 0 Å². The Morgan fingerprint density at radius 1 is 1.00 bits per heavy atom. The molecule has 1 saturated heterocycles. The van der Waals surface area contributed by atoms with E-state index < -0.39 is 0 Å². The van der Waals surface area contributed by atoms with E-state index in [0.717, 1.165) is 49.2 Å². The van der Waals surface area contributed by atoms with E-state index in [2.05, 4.69) is 52.0 Å². The number of rotatable bonds is 4. The van der Waals surface area contributed by atoms with Crippen molar-refractivity contribution < 1.29 is 4.79 Å². The van der Waals surface area contributed by atoms with E-state index in [9.17, 15) is 4.79 Å². The molecular formula is C21H25BrN2O. The molecule has 25 heavy (non-hydrogen) atoms. The van der Waals surface area contributed by atoms with Crippen molar-refractivity contribution in [2.24, 2.45) is 0 Å². The summed E-state index contributed by atoms with van der Waals surface area (Å²) < 4.78 is 1.05. The topological polar surface area (TPSA) is 23.6 Å². The van der Waals surface area contributed by atoms with Crippen molar-refractivity contribution in [3.63, 3.8) is 0 Å². The maximum Gasteiger partial charge on any atom is 0.227 e. The van der Waals surface area contributed by atoms with Gasteiger partial charge < -0.3 is 4.90 Å². The normalized spacial score (nSPS) is 15.8. The summed E-state index contributed by atoms with van der Waals surface area (Å²) in [4.78, 5) is 17.1. The van der Waals surface area contributed by atoms with Crippen LogP contribution in [-0.4, -0.2) is 41.9 Å². The van der Waals surface area contributed by atoms with Crippen LogP contribution < -0.4 is 0 Å². The van der Waals surface area contributed by atoms with Gasteiger partial charge in [-0.2, -0.15) is 0 Å². The van der Waals surface area contributed by atoms with E-state index in [0.29, 0.717) is 6.42 Å². The number of amides is 1. The summed E-state index contributed by atoms with van der Waals surface area (Å²) in [6.45, 7) is 6.82. The molecule has 1 aliphatic heterocycles. The molecule has 2 aromatic rings. The van der Waals surface area contributed by atoms with Crippen LogP contribution in [0.25, 0.3) is 0 Å². The second kappa shape index (κ2) is 8.63. The summed E-state index contributed by atoms with van der Waals surface area (Å²) in [6, 6.07) is 16.6. The fraction of sp³-hybridized carbons (Fsp3) is 0.381. The maximum absolute atomic E-state index is 12.6. The van der Waals surface area contributed by atoms with Gasteiger partial charge in [-0.3, -0.25) is 9.69 Å². The van der Waals surface area contributed by atoms with Crippen LogP contribution in [0.5, 0.6) is 0 Å². The molecule has 0 bridgehead atoms. The first-order valence-corrected chi connectivity index (χ1v) is 9.70. The van der Waals surface area contributed by atoms with Gasteiger partial charge in [0.05, 0.1) is 6.42 Å². The molecular weight excluding hydrogens is 376 g/mol. The quantitative estimate of drug-likeness (QED) is 0.772. The lowest BCUT2D eigenvalue weighted by Crippen LogP contribution is -2.36. The van der Waals surface area contributed by atoms with Crippen molar-refractivity contribution in [1.29, 1.82) is 0 Å². The van der Waals surface area contributed by atoms with Crippen LogP contribution in [0, 0.1) is 6.92 Å². The minimum Gasteiger partial charge on any atom is -0.341 e. The fourth-order valence-electron chi connectivity index (χ4n) is 3.30. The molecule has 0 saturated carbocycles. The van der Waals surface area contributed by atoms with Crippen molar-refractivity contribution in [3.05, 3.63) is 69.7 Å². The number of aryl methyl sites for hydroxylation is 1. The van der Waals surface area contributed by atoms with Crippen molar-refractivity contribution in [2.75, 3.05) is 26.2 Å². The highest BCUT2D eigenvalue weighted by molar-refractivity contribution is 9.10. The van der Waals surface area contributed by atoms with Gasteiger partial charge in [0.25, 0.3) is 0 Å². The van der Waals surface area contributed by atoms with Crippen molar-refractivity contribution in [3.8, 4) is 0 Å². The van der Waals surface area contributed by atoms with Gasteiger partial charge in [0.15, 0.2) is 0 Å². The van der Waals surface area contributed by atoms with Crippen LogP contribution in [0.3, 0.4) is 0 Å². The van der Waals surface area contributed by atoms with Crippen molar-refractivity contribution in [1.82, 2.24) is 9.80 Å². The van der Waals surface area contributed by atoms with Gasteiger partial charge >= 0.3 is 0 Å². The number of carbonyl (C=O) groups excluding carboxylic acids is 1. The molecule has 1 aliphatic rings. The number of hydrogen-bond acceptors (Lipinski definition) is 2. The fourth-order valence-corrected chi connectivity index (χ4v) is 3.56. The molecule has 1 fully saturated rings. The Morgan fingerprint density at radius 3 is 2.52 bits per heavy atom. The van der Waals surface area contributed by atoms with Gasteiger partial charge in [0, 0.05) is 37.2 Å². The summed E-state index contributed by atoms with van der Waals surface area (Å²) in [5.74, 6) is 0.236. The highest BCUT2D eigenvalue weighted by atomic mass is 79.9. The Kier molecular flexibility index (Phi) is 6.27. The Balaban J connectivity index is 1.55. The molecule has 3 nitrogen and oxygen atoms in total. The average Bonchev–Trinajstić information content (AvgIpc) is 2.85. The molecule has 0 radical (unpaired) electrons. The third kappa shape index (κ3) is 5.16. The molecule has 132 valence electrons. The first kappa shape index (κ1) is 18.2. The van der Waals surface area contributed by atoms with E-state index in [4.69, 9.17) is 0 Å². The monoisotopic (exact) mass is 400 g/mol. The highest BCUT2D eigenvalue weighted by Gasteiger charge is 2.19. The van der Waals surface area contributed by atoms with Gasteiger partial charge in [0.1, 0.15) is 0 Å². The molecule has 0 spiro atoms. The van der Waals surface area contributed by atoms with Gasteiger partial charge in [0.2, 0.25) is 5.91 Å². The second-order valence-electron chi connectivity index (χ2n) is 6.74. The van der Waals surface area contributed by atoms with Crippen LogP contribution in [0.1, 0.15) is 23.1 Å². The number of hydrogen-bond donors (Lipinski definition) is 0. The summed E-state index contributed by atoms with van der Waals surface area (Å²) in [6.07, 6.45) is 1.53. The molecule has 4 heteroatoms. The zero-order chi connectivity index (χ0) is 17.6. The predicted molar refractivity (Wildman–Crippen MR) is 105 cm³/mol. The van der Waals surface area contributed by atoms with Crippen molar-refractivity contribution in [2.45, 2.75) is 26.3 Å². The average molecular weight is 401 g/mol. The van der Waals surface area contributed by atoms with Crippen molar-refractivity contribution >= 4 is 21.8 Å². The van der Waals surface area contributed by atoms with E-state index in [1.807, 2.05) is 29.2 Å². The van der Waals surface area contributed by atoms with Gasteiger partial charge in [-0.1, -0.05) is 52.3 Å². The van der Waals surface area contributed by atoms with Crippen LogP contribution >= 0.6 is 15.9 Å². The molecule has 3 rings (SSSR count). The van der Waals surface area contributed by atoms with E-state index in [-0.39, 0.29) is 5.91 Å². The smallest absolute Gasteiger partial charge is 0.227 e. The number of benzene rings is 2. The lowest BCUT2D eigenvalue weighted by Gasteiger charge is -2.22. The number of nitrogens with zero attached hydrogens (tertiary/aromatic N) is 2. The minimum absolute atomic E-state index is 0.236. The third-order valence-electron chi connectivity index (χ3n) is 4.87. The minimum atomic E-state index is 0.236. The molecule has 0 N–H and O–H groups in total.